The summed E-state index contributed by atoms with van der Waals surface area (Å²) in [4.78, 5) is 6.53. The molecule has 0 aliphatic carbocycles. The molecule has 3 heterocycles. The van der Waals surface area contributed by atoms with Gasteiger partial charge in [-0.2, -0.15) is 4.31 Å². The molecule has 6 nitrogen and oxygen atoms in total. The summed E-state index contributed by atoms with van der Waals surface area (Å²) in [6, 6.07) is 13.8. The van der Waals surface area contributed by atoms with E-state index in [-0.39, 0.29) is 6.10 Å². The van der Waals surface area contributed by atoms with Crippen molar-refractivity contribution in [3.8, 4) is 5.75 Å². The summed E-state index contributed by atoms with van der Waals surface area (Å²) in [5.74, 6) is 0.880. The largest absolute Gasteiger partial charge is 0.490 e. The second kappa shape index (κ2) is 9.73. The Bertz CT molecular complexity index is 919. The van der Waals surface area contributed by atoms with Crippen LogP contribution in [0.3, 0.4) is 0 Å². The van der Waals surface area contributed by atoms with E-state index in [0.717, 1.165) is 50.1 Å². The SMILES string of the molecule is O=S(=O)(C=Cc1ccccc1)N1CCC(N2CCC(Oc3ccncc3)CC2)CC1. The molecular weight excluding hydrogens is 398 g/mol. The zero-order chi connectivity index (χ0) is 20.8. The molecule has 2 aliphatic rings. The van der Waals surface area contributed by atoms with E-state index in [1.165, 1.54) is 5.41 Å². The lowest BCUT2D eigenvalue weighted by Crippen LogP contribution is -2.49. The first-order valence-electron chi connectivity index (χ1n) is 10.6. The lowest BCUT2D eigenvalue weighted by molar-refractivity contribution is 0.0586. The van der Waals surface area contributed by atoms with Crippen molar-refractivity contribution < 1.29 is 13.2 Å². The van der Waals surface area contributed by atoms with Gasteiger partial charge in [0, 0.05) is 50.0 Å². The fraction of sp³-hybridized carbons (Fsp3) is 0.435. The molecule has 0 amide bonds. The van der Waals surface area contributed by atoms with E-state index in [2.05, 4.69) is 9.88 Å². The number of ether oxygens (including phenoxy) is 1. The van der Waals surface area contributed by atoms with E-state index in [1.807, 2.05) is 42.5 Å². The molecule has 2 fully saturated rings. The van der Waals surface area contributed by atoms with Crippen molar-refractivity contribution in [3.63, 3.8) is 0 Å². The number of piperidine rings is 2. The molecule has 1 aromatic carbocycles. The number of likely N-dealkylation sites (tertiary alicyclic amines) is 1. The average Bonchev–Trinajstić information content (AvgIpc) is 2.80. The second-order valence-electron chi connectivity index (χ2n) is 7.92. The number of benzene rings is 1. The van der Waals surface area contributed by atoms with Crippen molar-refractivity contribution in [1.82, 2.24) is 14.2 Å². The topological polar surface area (TPSA) is 62.7 Å². The second-order valence-corrected chi connectivity index (χ2v) is 9.74. The van der Waals surface area contributed by atoms with Gasteiger partial charge in [-0.3, -0.25) is 4.98 Å². The first kappa shape index (κ1) is 21.0. The van der Waals surface area contributed by atoms with Gasteiger partial charge in [0.15, 0.2) is 0 Å². The Hall–Kier alpha value is -2.22. The third-order valence-electron chi connectivity index (χ3n) is 5.96. The predicted molar refractivity (Wildman–Crippen MR) is 118 cm³/mol. The molecule has 160 valence electrons. The van der Waals surface area contributed by atoms with Gasteiger partial charge in [0.05, 0.1) is 0 Å². The number of rotatable bonds is 6. The molecule has 2 aromatic rings. The highest BCUT2D eigenvalue weighted by Crippen LogP contribution is 2.25. The van der Waals surface area contributed by atoms with Crippen LogP contribution in [0.15, 0.2) is 60.3 Å². The molecule has 30 heavy (non-hydrogen) atoms. The Morgan fingerprint density at radius 2 is 1.57 bits per heavy atom. The highest BCUT2D eigenvalue weighted by molar-refractivity contribution is 7.92. The van der Waals surface area contributed by atoms with Gasteiger partial charge in [-0.05, 0) is 49.5 Å². The molecule has 0 saturated carbocycles. The zero-order valence-corrected chi connectivity index (χ0v) is 18.0. The molecule has 0 bridgehead atoms. The Kier molecular flexibility index (Phi) is 6.82. The summed E-state index contributed by atoms with van der Waals surface area (Å²) in [6.45, 7) is 3.17. The van der Waals surface area contributed by atoms with Crippen molar-refractivity contribution in [1.29, 1.82) is 0 Å². The van der Waals surface area contributed by atoms with Crippen molar-refractivity contribution in [2.45, 2.75) is 37.8 Å². The number of pyridine rings is 1. The summed E-state index contributed by atoms with van der Waals surface area (Å²) in [5, 5.41) is 1.34. The monoisotopic (exact) mass is 427 g/mol. The van der Waals surface area contributed by atoms with Crippen molar-refractivity contribution in [3.05, 3.63) is 65.8 Å². The van der Waals surface area contributed by atoms with E-state index in [0.29, 0.717) is 19.1 Å². The lowest BCUT2D eigenvalue weighted by atomic mass is 10.00. The van der Waals surface area contributed by atoms with E-state index in [4.69, 9.17) is 4.74 Å². The van der Waals surface area contributed by atoms with Crippen LogP contribution < -0.4 is 4.74 Å². The smallest absolute Gasteiger partial charge is 0.236 e. The van der Waals surface area contributed by atoms with Gasteiger partial charge >= 0.3 is 0 Å². The molecule has 1 aromatic heterocycles. The minimum atomic E-state index is -3.37. The van der Waals surface area contributed by atoms with Gasteiger partial charge < -0.3 is 9.64 Å². The number of hydrogen-bond donors (Lipinski definition) is 0. The van der Waals surface area contributed by atoms with Crippen molar-refractivity contribution in [2.75, 3.05) is 26.2 Å². The highest BCUT2D eigenvalue weighted by atomic mass is 32.2. The molecule has 0 unspecified atom stereocenters. The Morgan fingerprint density at radius 3 is 2.23 bits per heavy atom. The summed E-state index contributed by atoms with van der Waals surface area (Å²) >= 11 is 0. The molecule has 7 heteroatoms. The van der Waals surface area contributed by atoms with E-state index < -0.39 is 10.0 Å². The molecule has 2 saturated heterocycles. The van der Waals surface area contributed by atoms with Gasteiger partial charge in [-0.15, -0.1) is 0 Å². The first-order valence-corrected chi connectivity index (χ1v) is 12.1. The van der Waals surface area contributed by atoms with Gasteiger partial charge in [-0.1, -0.05) is 30.3 Å². The van der Waals surface area contributed by atoms with Crippen molar-refractivity contribution in [2.24, 2.45) is 0 Å². The third kappa shape index (κ3) is 5.47. The van der Waals surface area contributed by atoms with Crippen LogP contribution in [0, 0.1) is 0 Å². The lowest BCUT2D eigenvalue weighted by Gasteiger charge is -2.41. The molecular formula is C23H29N3O3S. The minimum Gasteiger partial charge on any atom is -0.490 e. The third-order valence-corrected chi connectivity index (χ3v) is 7.53. The number of nitrogens with zero attached hydrogens (tertiary/aromatic N) is 3. The summed E-state index contributed by atoms with van der Waals surface area (Å²) in [5.41, 5.74) is 0.896. The van der Waals surface area contributed by atoms with Crippen LogP contribution in [0.25, 0.3) is 6.08 Å². The number of hydrogen-bond acceptors (Lipinski definition) is 5. The number of aromatic nitrogens is 1. The highest BCUT2D eigenvalue weighted by Gasteiger charge is 2.31. The normalized spacial score (nSPS) is 20.5. The van der Waals surface area contributed by atoms with E-state index in [9.17, 15) is 8.42 Å². The van der Waals surface area contributed by atoms with Crippen LogP contribution in [0.2, 0.25) is 0 Å². The predicted octanol–water partition coefficient (Wildman–Crippen LogP) is 3.39. The molecule has 0 N–H and O–H groups in total. The maximum absolute atomic E-state index is 12.7. The molecule has 2 aliphatic heterocycles. The summed E-state index contributed by atoms with van der Waals surface area (Å²) in [7, 11) is -3.37. The van der Waals surface area contributed by atoms with Crippen LogP contribution >= 0.6 is 0 Å². The average molecular weight is 428 g/mol. The summed E-state index contributed by atoms with van der Waals surface area (Å²) in [6.07, 6.45) is 9.19. The van der Waals surface area contributed by atoms with Crippen LogP contribution in [-0.4, -0.2) is 60.9 Å². The van der Waals surface area contributed by atoms with E-state index in [1.54, 1.807) is 22.8 Å². The fourth-order valence-corrected chi connectivity index (χ4v) is 5.47. The fourth-order valence-electron chi connectivity index (χ4n) is 4.24. The Balaban J connectivity index is 1.24. The quantitative estimate of drug-likeness (QED) is 0.707. The standard InChI is InChI=1S/C23H29N3O3S/c27-30(28,19-12-20-4-2-1-3-5-20)26-17-8-21(9-18-26)25-15-10-23(11-16-25)29-22-6-13-24-14-7-22/h1-7,12-14,19,21,23H,8-11,15-18H2. The van der Waals surface area contributed by atoms with Gasteiger partial charge in [-0.25, -0.2) is 8.42 Å². The maximum Gasteiger partial charge on any atom is 0.236 e. The number of sulfonamides is 1. The zero-order valence-electron chi connectivity index (χ0n) is 17.1. The minimum absolute atomic E-state index is 0.243. The first-order chi connectivity index (χ1) is 14.6. The maximum atomic E-state index is 12.7. The Labute approximate surface area is 179 Å². The van der Waals surface area contributed by atoms with E-state index >= 15 is 0 Å². The molecule has 0 spiro atoms. The van der Waals surface area contributed by atoms with Crippen LogP contribution in [0.4, 0.5) is 0 Å². The van der Waals surface area contributed by atoms with Gasteiger partial charge in [0.2, 0.25) is 10.0 Å². The molecule has 0 atom stereocenters. The van der Waals surface area contributed by atoms with Crippen LogP contribution in [0.1, 0.15) is 31.2 Å². The Morgan fingerprint density at radius 1 is 0.900 bits per heavy atom. The summed E-state index contributed by atoms with van der Waals surface area (Å²) < 4.78 is 33.0. The van der Waals surface area contributed by atoms with Crippen LogP contribution in [-0.2, 0) is 10.0 Å². The van der Waals surface area contributed by atoms with Gasteiger partial charge in [0.1, 0.15) is 11.9 Å². The van der Waals surface area contributed by atoms with Crippen LogP contribution in [0.5, 0.6) is 5.75 Å². The van der Waals surface area contributed by atoms with Crippen molar-refractivity contribution >= 4 is 16.1 Å². The molecule has 4 rings (SSSR count). The van der Waals surface area contributed by atoms with Gasteiger partial charge in [0.25, 0.3) is 0 Å². The molecule has 0 radical (unpaired) electrons.